The molecule has 0 unspecified atom stereocenters. The van der Waals surface area contributed by atoms with E-state index >= 15 is 0 Å². The summed E-state index contributed by atoms with van der Waals surface area (Å²) in [7, 11) is 0. The smallest absolute Gasteiger partial charge is 0.409 e. The van der Waals surface area contributed by atoms with Gasteiger partial charge in [-0.2, -0.15) is 0 Å². The topological polar surface area (TPSA) is 87.7 Å². The van der Waals surface area contributed by atoms with Gasteiger partial charge in [-0.25, -0.2) is 14.8 Å². The Morgan fingerprint density at radius 2 is 1.79 bits per heavy atom. The molecule has 1 saturated heterocycles. The van der Waals surface area contributed by atoms with Gasteiger partial charge in [0.2, 0.25) is 5.95 Å². The summed E-state index contributed by atoms with van der Waals surface area (Å²) >= 11 is 0. The Bertz CT molecular complexity index is 805. The fourth-order valence-corrected chi connectivity index (χ4v) is 3.32. The minimum absolute atomic E-state index is 0.0179. The average Bonchev–Trinajstić information content (AvgIpc) is 2.76. The average molecular weight is 397 g/mol. The predicted molar refractivity (Wildman–Crippen MR) is 110 cm³/mol. The highest BCUT2D eigenvalue weighted by Gasteiger charge is 2.25. The molecule has 0 radical (unpaired) electrons. The number of para-hydroxylation sites is 1. The Kier molecular flexibility index (Phi) is 6.99. The molecule has 0 atom stereocenters. The van der Waals surface area contributed by atoms with Crippen molar-refractivity contribution in [2.45, 2.75) is 32.7 Å². The molecule has 0 aliphatic carbocycles. The summed E-state index contributed by atoms with van der Waals surface area (Å²) in [6, 6.07) is 9.90. The molecule has 29 heavy (non-hydrogen) atoms. The minimum atomic E-state index is -0.292. The third-order valence-corrected chi connectivity index (χ3v) is 4.88. The molecule has 1 aliphatic heterocycles. The number of carbonyl (C=O) groups excluding carboxylic acids is 2. The van der Waals surface area contributed by atoms with Gasteiger partial charge in [-0.05, 0) is 38.8 Å². The molecule has 0 bridgehead atoms. The summed E-state index contributed by atoms with van der Waals surface area (Å²) in [5, 5.41) is 3.01. The van der Waals surface area contributed by atoms with Gasteiger partial charge in [0, 0.05) is 43.8 Å². The van der Waals surface area contributed by atoms with Gasteiger partial charge >= 0.3 is 6.09 Å². The maximum atomic E-state index is 12.5. The van der Waals surface area contributed by atoms with Crippen LogP contribution in [-0.4, -0.2) is 59.2 Å². The molecule has 0 spiro atoms. The van der Waals surface area contributed by atoms with Crippen molar-refractivity contribution in [3.8, 4) is 0 Å². The number of nitrogens with zero attached hydrogens (tertiary/aromatic N) is 4. The first-order valence-corrected chi connectivity index (χ1v) is 9.99. The number of hydrogen-bond acceptors (Lipinski definition) is 6. The largest absolute Gasteiger partial charge is 0.450 e. The van der Waals surface area contributed by atoms with Crippen molar-refractivity contribution in [3.05, 3.63) is 48.3 Å². The van der Waals surface area contributed by atoms with Crippen molar-refractivity contribution in [3.63, 3.8) is 0 Å². The number of aromatic nitrogens is 2. The number of anilines is 2. The van der Waals surface area contributed by atoms with Gasteiger partial charge in [-0.1, -0.05) is 18.2 Å². The molecule has 2 amide bonds. The van der Waals surface area contributed by atoms with Crippen LogP contribution in [0.15, 0.2) is 42.7 Å². The van der Waals surface area contributed by atoms with Crippen molar-refractivity contribution in [1.29, 1.82) is 0 Å². The Hall–Kier alpha value is -3.16. The second-order valence-electron chi connectivity index (χ2n) is 6.79. The van der Waals surface area contributed by atoms with Crippen LogP contribution in [0.1, 0.15) is 37.0 Å². The molecule has 1 aromatic heterocycles. The van der Waals surface area contributed by atoms with E-state index in [-0.39, 0.29) is 18.0 Å². The van der Waals surface area contributed by atoms with E-state index < -0.39 is 0 Å². The SMILES string of the molecule is CCOC(=O)N1CCC(NC(=O)c2cnc(N(CC)c3ccccc3)nc2)CC1. The minimum Gasteiger partial charge on any atom is -0.450 e. The summed E-state index contributed by atoms with van der Waals surface area (Å²) in [6.07, 6.45) is 4.20. The van der Waals surface area contributed by atoms with Crippen molar-refractivity contribution >= 4 is 23.6 Å². The molecule has 154 valence electrons. The van der Waals surface area contributed by atoms with Gasteiger partial charge in [0.05, 0.1) is 12.2 Å². The summed E-state index contributed by atoms with van der Waals surface area (Å²) < 4.78 is 5.02. The van der Waals surface area contributed by atoms with Crippen LogP contribution in [0.4, 0.5) is 16.4 Å². The van der Waals surface area contributed by atoms with Crippen LogP contribution >= 0.6 is 0 Å². The van der Waals surface area contributed by atoms with Crippen molar-refractivity contribution < 1.29 is 14.3 Å². The summed E-state index contributed by atoms with van der Waals surface area (Å²) in [6.45, 7) is 6.04. The third-order valence-electron chi connectivity index (χ3n) is 4.88. The van der Waals surface area contributed by atoms with E-state index in [0.29, 0.717) is 50.6 Å². The lowest BCUT2D eigenvalue weighted by molar-refractivity contribution is 0.0859. The van der Waals surface area contributed by atoms with E-state index in [1.807, 2.05) is 42.2 Å². The predicted octanol–water partition coefficient (Wildman–Crippen LogP) is 2.99. The lowest BCUT2D eigenvalue weighted by atomic mass is 10.1. The molecule has 3 rings (SSSR count). The molecular formula is C21H27N5O3. The van der Waals surface area contributed by atoms with E-state index in [1.165, 1.54) is 0 Å². The van der Waals surface area contributed by atoms with Crippen LogP contribution in [0.25, 0.3) is 0 Å². The van der Waals surface area contributed by atoms with E-state index in [9.17, 15) is 9.59 Å². The number of carbonyl (C=O) groups is 2. The fourth-order valence-electron chi connectivity index (χ4n) is 3.32. The zero-order valence-corrected chi connectivity index (χ0v) is 16.9. The van der Waals surface area contributed by atoms with Crippen LogP contribution in [0.3, 0.4) is 0 Å². The number of rotatable bonds is 6. The van der Waals surface area contributed by atoms with E-state index in [2.05, 4.69) is 15.3 Å². The maximum Gasteiger partial charge on any atom is 0.409 e. The lowest BCUT2D eigenvalue weighted by Gasteiger charge is -2.31. The van der Waals surface area contributed by atoms with Gasteiger partial charge in [0.15, 0.2) is 0 Å². The van der Waals surface area contributed by atoms with E-state index in [4.69, 9.17) is 4.74 Å². The molecule has 1 fully saturated rings. The number of benzene rings is 1. The number of likely N-dealkylation sites (tertiary alicyclic amines) is 1. The Morgan fingerprint density at radius 1 is 1.14 bits per heavy atom. The van der Waals surface area contributed by atoms with Gasteiger partial charge in [-0.15, -0.1) is 0 Å². The third kappa shape index (κ3) is 5.22. The lowest BCUT2D eigenvalue weighted by Crippen LogP contribution is -2.46. The number of ether oxygens (including phenoxy) is 1. The fraction of sp³-hybridized carbons (Fsp3) is 0.429. The first-order valence-electron chi connectivity index (χ1n) is 9.99. The molecule has 8 nitrogen and oxygen atoms in total. The summed E-state index contributed by atoms with van der Waals surface area (Å²) in [5.74, 6) is 0.354. The van der Waals surface area contributed by atoms with E-state index in [0.717, 1.165) is 5.69 Å². The Morgan fingerprint density at radius 3 is 2.38 bits per heavy atom. The standard InChI is InChI=1S/C21H27N5O3/c1-3-26(18-8-6-5-7-9-18)20-22-14-16(15-23-20)19(27)24-17-10-12-25(13-11-17)21(28)29-4-2/h5-9,14-15,17H,3-4,10-13H2,1-2H3,(H,24,27). The van der Waals surface area contributed by atoms with Crippen LogP contribution in [0.2, 0.25) is 0 Å². The number of hydrogen-bond donors (Lipinski definition) is 1. The molecular weight excluding hydrogens is 370 g/mol. The maximum absolute atomic E-state index is 12.5. The summed E-state index contributed by atoms with van der Waals surface area (Å²) in [4.78, 5) is 36.7. The van der Waals surface area contributed by atoms with Gasteiger partial charge in [0.25, 0.3) is 5.91 Å². The van der Waals surface area contributed by atoms with Crippen molar-refractivity contribution in [2.24, 2.45) is 0 Å². The molecule has 8 heteroatoms. The number of nitrogens with one attached hydrogen (secondary N) is 1. The van der Waals surface area contributed by atoms with E-state index in [1.54, 1.807) is 24.2 Å². The monoisotopic (exact) mass is 397 g/mol. The zero-order chi connectivity index (χ0) is 20.6. The second kappa shape index (κ2) is 9.86. The van der Waals surface area contributed by atoms with Crippen LogP contribution < -0.4 is 10.2 Å². The second-order valence-corrected chi connectivity index (χ2v) is 6.79. The number of piperidine rings is 1. The van der Waals surface area contributed by atoms with Gasteiger partial charge in [0.1, 0.15) is 0 Å². The van der Waals surface area contributed by atoms with Crippen LogP contribution in [0, 0.1) is 0 Å². The van der Waals surface area contributed by atoms with Crippen molar-refractivity contribution in [1.82, 2.24) is 20.2 Å². The quantitative estimate of drug-likeness (QED) is 0.806. The molecule has 1 aromatic carbocycles. The highest BCUT2D eigenvalue weighted by atomic mass is 16.6. The zero-order valence-electron chi connectivity index (χ0n) is 16.9. The molecule has 2 aromatic rings. The van der Waals surface area contributed by atoms with Crippen LogP contribution in [0.5, 0.6) is 0 Å². The normalized spacial score (nSPS) is 14.3. The van der Waals surface area contributed by atoms with Gasteiger partial charge < -0.3 is 19.9 Å². The molecule has 0 saturated carbocycles. The van der Waals surface area contributed by atoms with Crippen molar-refractivity contribution in [2.75, 3.05) is 31.1 Å². The first-order chi connectivity index (χ1) is 14.1. The first kappa shape index (κ1) is 20.6. The van der Waals surface area contributed by atoms with Crippen LogP contribution in [-0.2, 0) is 4.74 Å². The Balaban J connectivity index is 1.56. The highest BCUT2D eigenvalue weighted by Crippen LogP contribution is 2.21. The number of amides is 2. The molecule has 1 N–H and O–H groups in total. The van der Waals surface area contributed by atoms with Gasteiger partial charge in [-0.3, -0.25) is 4.79 Å². The molecule has 2 heterocycles. The molecule has 1 aliphatic rings. The highest BCUT2D eigenvalue weighted by molar-refractivity contribution is 5.93. The summed E-state index contributed by atoms with van der Waals surface area (Å²) in [5.41, 5.74) is 1.42. The Labute approximate surface area is 170 Å².